The highest BCUT2D eigenvalue weighted by Crippen LogP contribution is 2.64. The second-order valence-corrected chi connectivity index (χ2v) is 16.3. The first-order valence-corrected chi connectivity index (χ1v) is 21.4. The summed E-state index contributed by atoms with van der Waals surface area (Å²) in [5.41, 5.74) is 14.5. The molecule has 5 heteroatoms. The van der Waals surface area contributed by atoms with Gasteiger partial charge in [0.15, 0.2) is 17.5 Å². The predicted molar refractivity (Wildman–Crippen MR) is 253 cm³/mol. The Labute approximate surface area is 364 Å². The van der Waals surface area contributed by atoms with E-state index in [1.54, 1.807) is 0 Å². The van der Waals surface area contributed by atoms with E-state index >= 15 is 0 Å². The molecule has 3 heterocycles. The molecule has 0 unspecified atom stereocenters. The number of hydrogen-bond donors (Lipinski definition) is 0. The minimum atomic E-state index is -0.722. The van der Waals surface area contributed by atoms with Crippen molar-refractivity contribution < 1.29 is 4.74 Å². The van der Waals surface area contributed by atoms with E-state index in [1.165, 1.54) is 16.3 Å². The van der Waals surface area contributed by atoms with Gasteiger partial charge in [0.25, 0.3) is 0 Å². The zero-order chi connectivity index (χ0) is 41.5. The third kappa shape index (κ3) is 5.27. The molecular formula is C58H36N4O. The number of fused-ring (bicyclic) bond motifs is 12. The summed E-state index contributed by atoms with van der Waals surface area (Å²) in [5, 5.41) is 2.37. The first kappa shape index (κ1) is 35.4. The minimum Gasteiger partial charge on any atom is -0.457 e. The van der Waals surface area contributed by atoms with Crippen LogP contribution in [0.2, 0.25) is 0 Å². The Balaban J connectivity index is 1.14. The quantitative estimate of drug-likeness (QED) is 0.174. The van der Waals surface area contributed by atoms with Crippen molar-refractivity contribution >= 4 is 21.8 Å². The van der Waals surface area contributed by atoms with Crippen LogP contribution in [-0.2, 0) is 5.41 Å². The van der Waals surface area contributed by atoms with Crippen LogP contribution >= 0.6 is 0 Å². The largest absolute Gasteiger partial charge is 0.457 e. The molecule has 5 nitrogen and oxygen atoms in total. The summed E-state index contributed by atoms with van der Waals surface area (Å²) < 4.78 is 9.18. The Kier molecular flexibility index (Phi) is 7.75. The van der Waals surface area contributed by atoms with Gasteiger partial charge in [-0.1, -0.05) is 170 Å². The highest BCUT2D eigenvalue weighted by Gasteiger charge is 2.52. The fraction of sp³-hybridized carbons (Fsp3) is 0.0172. The van der Waals surface area contributed by atoms with Crippen LogP contribution in [0.15, 0.2) is 218 Å². The number of para-hydroxylation sites is 4. The Hall–Kier alpha value is -8.41. The van der Waals surface area contributed by atoms with Crippen LogP contribution in [0, 0.1) is 0 Å². The Morgan fingerprint density at radius 3 is 1.65 bits per heavy atom. The molecule has 2 aromatic heterocycles. The van der Waals surface area contributed by atoms with Gasteiger partial charge < -0.3 is 9.30 Å². The summed E-state index contributed by atoms with van der Waals surface area (Å²) in [5.74, 6) is 3.54. The maximum absolute atomic E-state index is 6.77. The Morgan fingerprint density at radius 1 is 0.349 bits per heavy atom. The zero-order valence-electron chi connectivity index (χ0n) is 34.0. The van der Waals surface area contributed by atoms with E-state index < -0.39 is 5.41 Å². The molecule has 1 aliphatic carbocycles. The molecule has 0 amide bonds. The molecule has 0 atom stereocenters. The minimum absolute atomic E-state index is 0.615. The number of ether oxygens (including phenoxy) is 1. The number of nitrogens with zero attached hydrogens (tertiary/aromatic N) is 4. The molecular weight excluding hydrogens is 769 g/mol. The normalized spacial score (nSPS) is 13.0. The Morgan fingerprint density at radius 2 is 0.905 bits per heavy atom. The van der Waals surface area contributed by atoms with Crippen molar-refractivity contribution in [1.82, 2.24) is 19.5 Å². The highest BCUT2D eigenvalue weighted by molar-refractivity contribution is 6.13. The zero-order valence-corrected chi connectivity index (χ0v) is 34.0. The molecule has 0 radical (unpaired) electrons. The van der Waals surface area contributed by atoms with Crippen molar-refractivity contribution in [1.29, 1.82) is 0 Å². The fourth-order valence-corrected chi connectivity index (χ4v) is 10.3. The number of rotatable bonds is 5. The molecule has 0 fully saturated rings. The first-order chi connectivity index (χ1) is 31.2. The van der Waals surface area contributed by atoms with Crippen LogP contribution < -0.4 is 4.74 Å². The number of hydrogen-bond acceptors (Lipinski definition) is 4. The monoisotopic (exact) mass is 804 g/mol. The van der Waals surface area contributed by atoms with Crippen LogP contribution in [-0.4, -0.2) is 19.5 Å². The standard InChI is InChI=1S/C58H36N4O/c1-4-18-37(19-5-1)39-22-16-23-40(34-39)56-59-55(38-20-6-2-7-21-38)60-57(61-56)43-27-17-30-48-54(43)45-35-44-42-26-10-13-31-50(42)62(41-24-8-3-9-25-41)51(44)36-49(45)58(48)46-28-11-14-32-52(46)63-53-33-15-12-29-47(53)58/h1-36H. The lowest BCUT2D eigenvalue weighted by Gasteiger charge is -2.39. The first-order valence-electron chi connectivity index (χ1n) is 21.4. The van der Waals surface area contributed by atoms with E-state index in [2.05, 4.69) is 199 Å². The predicted octanol–water partition coefficient (Wildman–Crippen LogP) is 14.1. The summed E-state index contributed by atoms with van der Waals surface area (Å²) in [4.78, 5) is 15.9. The van der Waals surface area contributed by atoms with Gasteiger partial charge in [-0.15, -0.1) is 0 Å². The van der Waals surface area contributed by atoms with E-state index in [0.717, 1.165) is 83.9 Å². The maximum Gasteiger partial charge on any atom is 0.164 e. The van der Waals surface area contributed by atoms with Gasteiger partial charge in [-0.2, -0.15) is 0 Å². The summed E-state index contributed by atoms with van der Waals surface area (Å²) in [6.07, 6.45) is 0. The van der Waals surface area contributed by atoms with E-state index in [1.807, 2.05) is 24.3 Å². The van der Waals surface area contributed by atoms with E-state index in [0.29, 0.717) is 17.5 Å². The lowest BCUT2D eigenvalue weighted by atomic mass is 9.66. The molecule has 1 spiro atoms. The molecule has 13 rings (SSSR count). The van der Waals surface area contributed by atoms with Crippen LogP contribution in [0.1, 0.15) is 22.3 Å². The van der Waals surface area contributed by atoms with Crippen LogP contribution in [0.25, 0.3) is 83.9 Å². The SMILES string of the molecule is c1ccc(-c2cccc(-c3nc(-c4ccccc4)nc(-c4cccc5c4-c4cc6c7ccccc7n(-c7ccccc7)c6cc4C54c5ccccc5Oc5ccccc54)n3)c2)cc1. The second-order valence-electron chi connectivity index (χ2n) is 16.3. The van der Waals surface area contributed by atoms with E-state index in [-0.39, 0.29) is 0 Å². The molecule has 2 aliphatic rings. The number of benzene rings is 9. The van der Waals surface area contributed by atoms with Gasteiger partial charge in [0.2, 0.25) is 0 Å². The van der Waals surface area contributed by atoms with Crippen molar-refractivity contribution in [3.8, 4) is 73.6 Å². The van der Waals surface area contributed by atoms with Crippen molar-refractivity contribution in [2.45, 2.75) is 5.41 Å². The van der Waals surface area contributed by atoms with Crippen molar-refractivity contribution in [2.75, 3.05) is 0 Å². The third-order valence-electron chi connectivity index (χ3n) is 12.9. The van der Waals surface area contributed by atoms with E-state index in [4.69, 9.17) is 19.7 Å². The van der Waals surface area contributed by atoms with E-state index in [9.17, 15) is 0 Å². The topological polar surface area (TPSA) is 52.8 Å². The van der Waals surface area contributed by atoms with Crippen molar-refractivity contribution in [2.24, 2.45) is 0 Å². The highest BCUT2D eigenvalue weighted by atomic mass is 16.5. The molecule has 294 valence electrons. The van der Waals surface area contributed by atoms with Gasteiger partial charge in [-0.25, -0.2) is 15.0 Å². The molecule has 0 N–H and O–H groups in total. The molecule has 9 aromatic carbocycles. The van der Waals surface area contributed by atoms with Gasteiger partial charge in [-0.3, -0.25) is 0 Å². The summed E-state index contributed by atoms with van der Waals surface area (Å²) in [7, 11) is 0. The molecule has 0 bridgehead atoms. The van der Waals surface area contributed by atoms with Crippen LogP contribution in [0.4, 0.5) is 0 Å². The lowest BCUT2D eigenvalue weighted by molar-refractivity contribution is 0.436. The van der Waals surface area contributed by atoms with Crippen molar-refractivity contribution in [3.05, 3.63) is 241 Å². The lowest BCUT2D eigenvalue weighted by Crippen LogP contribution is -2.32. The average molecular weight is 805 g/mol. The smallest absolute Gasteiger partial charge is 0.164 e. The van der Waals surface area contributed by atoms with Crippen LogP contribution in [0.3, 0.4) is 0 Å². The fourth-order valence-electron chi connectivity index (χ4n) is 10.3. The Bertz CT molecular complexity index is 3550. The second kappa shape index (κ2) is 13.8. The van der Waals surface area contributed by atoms with Gasteiger partial charge in [0.1, 0.15) is 11.5 Å². The van der Waals surface area contributed by atoms with Crippen molar-refractivity contribution in [3.63, 3.8) is 0 Å². The summed E-state index contributed by atoms with van der Waals surface area (Å²) in [6.45, 7) is 0. The van der Waals surface area contributed by atoms with Crippen LogP contribution in [0.5, 0.6) is 11.5 Å². The summed E-state index contributed by atoms with van der Waals surface area (Å²) in [6, 6.07) is 77.2. The molecule has 11 aromatic rings. The van der Waals surface area contributed by atoms with Gasteiger partial charge in [0, 0.05) is 44.3 Å². The summed E-state index contributed by atoms with van der Waals surface area (Å²) >= 11 is 0. The molecule has 0 saturated heterocycles. The maximum atomic E-state index is 6.77. The number of aromatic nitrogens is 4. The van der Waals surface area contributed by atoms with Gasteiger partial charge in [0.05, 0.1) is 16.4 Å². The molecule has 1 aliphatic heterocycles. The van der Waals surface area contributed by atoms with Gasteiger partial charge >= 0.3 is 0 Å². The molecule has 63 heavy (non-hydrogen) atoms. The molecule has 0 saturated carbocycles. The third-order valence-corrected chi connectivity index (χ3v) is 12.9. The van der Waals surface area contributed by atoms with Gasteiger partial charge in [-0.05, 0) is 81.9 Å². The average Bonchev–Trinajstić information content (AvgIpc) is 3.84.